The lowest BCUT2D eigenvalue weighted by atomic mass is 10.0. The highest BCUT2D eigenvalue weighted by Crippen LogP contribution is 2.14. The molecule has 2 aromatic rings. The fourth-order valence-electron chi connectivity index (χ4n) is 1.74. The van der Waals surface area contributed by atoms with Gasteiger partial charge < -0.3 is 0 Å². The minimum Gasteiger partial charge on any atom is -0.227 e. The number of aryl methyl sites for hydroxylation is 1. The molecule has 1 aromatic carbocycles. The van der Waals surface area contributed by atoms with E-state index in [4.69, 9.17) is 11.6 Å². The molecule has 0 aliphatic heterocycles. The van der Waals surface area contributed by atoms with Crippen molar-refractivity contribution in [1.29, 1.82) is 0 Å². The normalized spacial score (nSPS) is 10.4. The molecule has 1 heterocycles. The lowest BCUT2D eigenvalue weighted by Gasteiger charge is -2.06. The first-order chi connectivity index (χ1) is 7.79. The van der Waals surface area contributed by atoms with Crippen molar-refractivity contribution in [2.75, 3.05) is 0 Å². The van der Waals surface area contributed by atoms with E-state index in [1.165, 1.54) is 11.1 Å². The van der Waals surface area contributed by atoms with Crippen molar-refractivity contribution in [3.8, 4) is 0 Å². The molecule has 82 valence electrons. The van der Waals surface area contributed by atoms with Crippen LogP contribution in [0, 0.1) is 0 Å². The zero-order valence-corrected chi connectivity index (χ0v) is 9.91. The van der Waals surface area contributed by atoms with E-state index in [-0.39, 0.29) is 0 Å². The number of hydrogen-bond acceptors (Lipinski definition) is 2. The maximum absolute atomic E-state index is 5.76. The van der Waals surface area contributed by atoms with E-state index >= 15 is 0 Å². The minimum atomic E-state index is 0.312. The first kappa shape index (κ1) is 11.1. The Morgan fingerprint density at radius 3 is 2.56 bits per heavy atom. The maximum atomic E-state index is 5.76. The first-order valence-electron chi connectivity index (χ1n) is 5.34. The number of rotatable bonds is 3. The van der Waals surface area contributed by atoms with Crippen molar-refractivity contribution >= 4 is 11.6 Å². The summed E-state index contributed by atoms with van der Waals surface area (Å²) in [5.41, 5.74) is 3.62. The van der Waals surface area contributed by atoms with Crippen molar-refractivity contribution in [2.24, 2.45) is 0 Å². The summed E-state index contributed by atoms with van der Waals surface area (Å²) >= 11 is 5.76. The Bertz CT molecular complexity index is 483. The summed E-state index contributed by atoms with van der Waals surface area (Å²) in [6.07, 6.45) is 3.54. The van der Waals surface area contributed by atoms with Crippen LogP contribution in [0.4, 0.5) is 0 Å². The summed E-state index contributed by atoms with van der Waals surface area (Å²) in [5.74, 6) is 0. The third-order valence-electron chi connectivity index (χ3n) is 2.55. The molecule has 0 N–H and O–H groups in total. The maximum Gasteiger partial charge on any atom is 0.222 e. The lowest BCUT2D eigenvalue weighted by Crippen LogP contribution is -1.97. The zero-order valence-electron chi connectivity index (χ0n) is 9.15. The Labute approximate surface area is 100 Å². The van der Waals surface area contributed by atoms with Gasteiger partial charge in [-0.25, -0.2) is 9.97 Å². The zero-order chi connectivity index (χ0) is 11.4. The van der Waals surface area contributed by atoms with Crippen molar-refractivity contribution < 1.29 is 0 Å². The number of halogens is 1. The molecule has 2 rings (SSSR count). The minimum absolute atomic E-state index is 0.312. The Morgan fingerprint density at radius 1 is 1.12 bits per heavy atom. The van der Waals surface area contributed by atoms with Crippen molar-refractivity contribution in [2.45, 2.75) is 19.8 Å². The fourth-order valence-corrected chi connectivity index (χ4v) is 1.90. The van der Waals surface area contributed by atoms with Gasteiger partial charge in [0.1, 0.15) is 0 Å². The molecule has 0 radical (unpaired) electrons. The number of hydrogen-bond donors (Lipinski definition) is 0. The van der Waals surface area contributed by atoms with Crippen LogP contribution in [0.1, 0.15) is 23.7 Å². The van der Waals surface area contributed by atoms with E-state index in [1.54, 1.807) is 6.20 Å². The van der Waals surface area contributed by atoms with Crippen molar-refractivity contribution in [3.63, 3.8) is 0 Å². The quantitative estimate of drug-likeness (QED) is 0.759. The number of nitrogens with zero attached hydrogens (tertiary/aromatic N) is 2. The highest BCUT2D eigenvalue weighted by molar-refractivity contribution is 6.28. The number of aromatic nitrogens is 2. The molecule has 16 heavy (non-hydrogen) atoms. The van der Waals surface area contributed by atoms with E-state index in [1.807, 2.05) is 6.07 Å². The predicted molar refractivity (Wildman–Crippen MR) is 65.7 cm³/mol. The van der Waals surface area contributed by atoms with Gasteiger partial charge in [0.2, 0.25) is 5.28 Å². The smallest absolute Gasteiger partial charge is 0.222 e. The second-order valence-electron chi connectivity index (χ2n) is 3.62. The van der Waals surface area contributed by atoms with Gasteiger partial charge in [0.15, 0.2) is 0 Å². The SMILES string of the molecule is CCc1ccccc1Cc1ccnc(Cl)n1. The Hall–Kier alpha value is -1.41. The molecule has 1 aromatic heterocycles. The summed E-state index contributed by atoms with van der Waals surface area (Å²) in [4.78, 5) is 8.08. The molecule has 3 heteroatoms. The van der Waals surface area contributed by atoms with Gasteiger partial charge in [-0.1, -0.05) is 31.2 Å². The van der Waals surface area contributed by atoms with Crippen LogP contribution in [-0.2, 0) is 12.8 Å². The van der Waals surface area contributed by atoms with Gasteiger partial charge in [-0.05, 0) is 35.2 Å². The lowest BCUT2D eigenvalue weighted by molar-refractivity contribution is 0.995. The van der Waals surface area contributed by atoms with E-state index in [9.17, 15) is 0 Å². The van der Waals surface area contributed by atoms with E-state index < -0.39 is 0 Å². The highest BCUT2D eigenvalue weighted by Gasteiger charge is 2.03. The standard InChI is InChI=1S/C13H13ClN2/c1-2-10-5-3-4-6-11(10)9-12-7-8-15-13(14)16-12/h3-8H,2,9H2,1H3. The molecular formula is C13H13ClN2. The molecule has 0 unspecified atom stereocenters. The van der Waals surface area contributed by atoms with Crippen LogP contribution in [0.15, 0.2) is 36.5 Å². The summed E-state index contributed by atoms with van der Waals surface area (Å²) in [6.45, 7) is 2.16. The average molecular weight is 233 g/mol. The summed E-state index contributed by atoms with van der Waals surface area (Å²) in [7, 11) is 0. The molecule has 0 amide bonds. The van der Waals surface area contributed by atoms with Crippen LogP contribution >= 0.6 is 11.6 Å². The molecule has 0 aliphatic carbocycles. The Balaban J connectivity index is 2.26. The average Bonchev–Trinajstić information content (AvgIpc) is 2.30. The molecule has 0 saturated carbocycles. The third-order valence-corrected chi connectivity index (χ3v) is 2.74. The Morgan fingerprint density at radius 2 is 1.88 bits per heavy atom. The summed E-state index contributed by atoms with van der Waals surface area (Å²) in [6, 6.07) is 10.3. The highest BCUT2D eigenvalue weighted by atomic mass is 35.5. The van der Waals surface area contributed by atoms with Crippen LogP contribution in [0.2, 0.25) is 5.28 Å². The van der Waals surface area contributed by atoms with Gasteiger partial charge in [-0.15, -0.1) is 0 Å². The van der Waals surface area contributed by atoms with E-state index in [0.29, 0.717) is 5.28 Å². The van der Waals surface area contributed by atoms with Crippen LogP contribution in [0.3, 0.4) is 0 Å². The van der Waals surface area contributed by atoms with Gasteiger partial charge in [-0.3, -0.25) is 0 Å². The summed E-state index contributed by atoms with van der Waals surface area (Å²) in [5, 5.41) is 0.312. The molecule has 0 atom stereocenters. The second-order valence-corrected chi connectivity index (χ2v) is 3.95. The van der Waals surface area contributed by atoms with Crippen molar-refractivity contribution in [1.82, 2.24) is 9.97 Å². The fraction of sp³-hybridized carbons (Fsp3) is 0.231. The van der Waals surface area contributed by atoms with Gasteiger partial charge in [0, 0.05) is 18.3 Å². The Kier molecular flexibility index (Phi) is 3.52. The molecule has 0 saturated heterocycles. The number of benzene rings is 1. The van der Waals surface area contributed by atoms with Crippen LogP contribution < -0.4 is 0 Å². The molecule has 0 fully saturated rings. The predicted octanol–water partition coefficient (Wildman–Crippen LogP) is 3.28. The molecule has 0 aliphatic rings. The molecule has 0 bridgehead atoms. The third kappa shape index (κ3) is 2.58. The van der Waals surface area contributed by atoms with Crippen molar-refractivity contribution in [3.05, 3.63) is 58.6 Å². The first-order valence-corrected chi connectivity index (χ1v) is 5.71. The van der Waals surface area contributed by atoms with E-state index in [0.717, 1.165) is 18.5 Å². The summed E-state index contributed by atoms with van der Waals surface area (Å²) < 4.78 is 0. The van der Waals surface area contributed by atoms with Gasteiger partial charge in [0.25, 0.3) is 0 Å². The topological polar surface area (TPSA) is 25.8 Å². The van der Waals surface area contributed by atoms with E-state index in [2.05, 4.69) is 41.2 Å². The van der Waals surface area contributed by atoms with Crippen LogP contribution in [0.5, 0.6) is 0 Å². The van der Waals surface area contributed by atoms with Gasteiger partial charge in [-0.2, -0.15) is 0 Å². The van der Waals surface area contributed by atoms with Crippen LogP contribution in [-0.4, -0.2) is 9.97 Å². The molecule has 2 nitrogen and oxygen atoms in total. The molecular weight excluding hydrogens is 220 g/mol. The second kappa shape index (κ2) is 5.08. The van der Waals surface area contributed by atoms with Gasteiger partial charge in [0.05, 0.1) is 0 Å². The van der Waals surface area contributed by atoms with Gasteiger partial charge >= 0.3 is 0 Å². The van der Waals surface area contributed by atoms with Crippen LogP contribution in [0.25, 0.3) is 0 Å². The monoisotopic (exact) mass is 232 g/mol. The molecule has 0 spiro atoms. The largest absolute Gasteiger partial charge is 0.227 e.